The number of amides is 1. The van der Waals surface area contributed by atoms with Crippen LogP contribution in [0.3, 0.4) is 0 Å². The molecule has 1 atom stereocenters. The lowest BCUT2D eigenvalue weighted by molar-refractivity contribution is -0.167. The van der Waals surface area contributed by atoms with Crippen LogP contribution in [0.25, 0.3) is 0 Å². The molecule has 1 rings (SSSR count). The molecule has 0 aliphatic carbocycles. The molecule has 0 fully saturated rings. The van der Waals surface area contributed by atoms with Crippen LogP contribution in [0.2, 0.25) is 0 Å². The molecule has 124 valence electrons. The van der Waals surface area contributed by atoms with Gasteiger partial charge in [-0.1, -0.05) is 5.57 Å². The van der Waals surface area contributed by atoms with Crippen LogP contribution in [0.5, 0.6) is 0 Å². The number of benzene rings is 1. The minimum atomic E-state index is -5.04. The van der Waals surface area contributed by atoms with E-state index in [0.29, 0.717) is 5.57 Å². The normalized spacial score (nSPS) is 13.7. The Morgan fingerprint density at radius 2 is 2.04 bits per heavy atom. The molecule has 0 aliphatic heterocycles. The van der Waals surface area contributed by atoms with Gasteiger partial charge in [-0.05, 0) is 50.7 Å². The molecular weight excluding hydrogens is 332 g/mol. The van der Waals surface area contributed by atoms with Crippen molar-refractivity contribution in [3.63, 3.8) is 0 Å². The van der Waals surface area contributed by atoms with Crippen LogP contribution in [0, 0.1) is 5.82 Å². The van der Waals surface area contributed by atoms with E-state index >= 15 is 0 Å². The standard InChI is InChI=1S/C15H14F4N2OS/c1-9(2)7-14(3,20-8-23)11-6-10(4-5-12(11)16)21-13(22)15(17,18)19/h4-6H,1,7H2,2-3H3,(H,21,22). The summed E-state index contributed by atoms with van der Waals surface area (Å²) in [6, 6.07) is 3.08. The molecule has 0 spiro atoms. The number of nitrogens with one attached hydrogen (secondary N) is 1. The molecule has 1 N–H and O–H groups in total. The Hall–Kier alpha value is -2.05. The van der Waals surface area contributed by atoms with Gasteiger partial charge in [-0.25, -0.2) is 9.38 Å². The van der Waals surface area contributed by atoms with E-state index in [4.69, 9.17) is 0 Å². The number of nitrogens with zero attached hydrogens (tertiary/aromatic N) is 1. The molecular formula is C15H14F4N2OS. The van der Waals surface area contributed by atoms with Crippen LogP contribution in [-0.4, -0.2) is 17.2 Å². The summed E-state index contributed by atoms with van der Waals surface area (Å²) >= 11 is 4.56. The first-order valence-electron chi connectivity index (χ1n) is 6.41. The first-order chi connectivity index (χ1) is 10.5. The lowest BCUT2D eigenvalue weighted by Gasteiger charge is -2.25. The van der Waals surface area contributed by atoms with Crippen molar-refractivity contribution >= 4 is 29.0 Å². The summed E-state index contributed by atoms with van der Waals surface area (Å²) < 4.78 is 51.0. The third-order valence-corrected chi connectivity index (χ3v) is 3.09. The molecule has 1 aromatic carbocycles. The Balaban J connectivity index is 3.30. The number of alkyl halides is 3. The molecule has 1 aromatic rings. The summed E-state index contributed by atoms with van der Waals surface area (Å²) in [5.41, 5.74) is -0.726. The Labute approximate surface area is 136 Å². The number of hydrogen-bond acceptors (Lipinski definition) is 3. The number of halogens is 4. The van der Waals surface area contributed by atoms with Crippen molar-refractivity contribution in [3.05, 3.63) is 41.7 Å². The Morgan fingerprint density at radius 3 is 2.52 bits per heavy atom. The topological polar surface area (TPSA) is 41.5 Å². The summed E-state index contributed by atoms with van der Waals surface area (Å²) in [5.74, 6) is -2.83. The molecule has 0 aliphatic rings. The highest BCUT2D eigenvalue weighted by Crippen LogP contribution is 2.35. The number of isothiocyanates is 1. The quantitative estimate of drug-likeness (QED) is 0.366. The fourth-order valence-electron chi connectivity index (χ4n) is 2.10. The lowest BCUT2D eigenvalue weighted by atomic mass is 9.86. The summed E-state index contributed by atoms with van der Waals surface area (Å²) in [6.45, 7) is 6.97. The van der Waals surface area contributed by atoms with Crippen molar-refractivity contribution in [3.8, 4) is 0 Å². The number of carbonyl (C=O) groups is 1. The predicted molar refractivity (Wildman–Crippen MR) is 82.9 cm³/mol. The van der Waals surface area contributed by atoms with E-state index in [1.165, 1.54) is 0 Å². The second-order valence-electron chi connectivity index (χ2n) is 5.26. The van der Waals surface area contributed by atoms with Gasteiger partial charge in [0.25, 0.3) is 0 Å². The van der Waals surface area contributed by atoms with Crippen molar-refractivity contribution < 1.29 is 22.4 Å². The summed E-state index contributed by atoms with van der Waals surface area (Å²) in [4.78, 5) is 14.9. The minimum Gasteiger partial charge on any atom is -0.318 e. The summed E-state index contributed by atoms with van der Waals surface area (Å²) in [6.07, 6.45) is -4.83. The fraction of sp³-hybridized carbons (Fsp3) is 0.333. The van der Waals surface area contributed by atoms with Gasteiger partial charge in [0.1, 0.15) is 5.82 Å². The van der Waals surface area contributed by atoms with Gasteiger partial charge in [0.2, 0.25) is 0 Å². The van der Waals surface area contributed by atoms with E-state index in [1.807, 2.05) is 0 Å². The average molecular weight is 346 g/mol. The SMILES string of the molecule is C=C(C)CC(C)(N=C=S)c1cc(NC(=O)C(F)(F)F)ccc1F. The van der Waals surface area contributed by atoms with Gasteiger partial charge in [0.15, 0.2) is 0 Å². The number of rotatable bonds is 5. The first-order valence-corrected chi connectivity index (χ1v) is 6.82. The number of thiocarbonyl (C=S) groups is 1. The molecule has 0 aromatic heterocycles. The third kappa shape index (κ3) is 4.97. The maximum absolute atomic E-state index is 14.1. The lowest BCUT2D eigenvalue weighted by Crippen LogP contribution is -2.30. The largest absolute Gasteiger partial charge is 0.471 e. The predicted octanol–water partition coefficient (Wildman–Crippen LogP) is 4.61. The number of anilines is 1. The van der Waals surface area contributed by atoms with Crippen LogP contribution >= 0.6 is 12.2 Å². The molecule has 0 bridgehead atoms. The van der Waals surface area contributed by atoms with Gasteiger partial charge in [-0.3, -0.25) is 4.79 Å². The molecule has 0 radical (unpaired) electrons. The molecule has 23 heavy (non-hydrogen) atoms. The molecule has 0 heterocycles. The zero-order valence-corrected chi connectivity index (χ0v) is 13.2. The van der Waals surface area contributed by atoms with Crippen LogP contribution in [0.15, 0.2) is 35.3 Å². The second-order valence-corrected chi connectivity index (χ2v) is 5.44. The van der Waals surface area contributed by atoms with Crippen LogP contribution in [-0.2, 0) is 10.3 Å². The zero-order chi connectivity index (χ0) is 17.8. The van der Waals surface area contributed by atoms with Gasteiger partial charge < -0.3 is 5.32 Å². The first kappa shape index (κ1) is 19.0. The minimum absolute atomic E-state index is 0.0159. The summed E-state index contributed by atoms with van der Waals surface area (Å²) in [5, 5.41) is 3.83. The fourth-order valence-corrected chi connectivity index (χ4v) is 2.30. The molecule has 1 unspecified atom stereocenters. The highest BCUT2D eigenvalue weighted by atomic mass is 32.1. The van der Waals surface area contributed by atoms with E-state index in [1.54, 1.807) is 19.2 Å². The van der Waals surface area contributed by atoms with E-state index in [0.717, 1.165) is 18.2 Å². The zero-order valence-electron chi connectivity index (χ0n) is 12.4. The molecule has 1 amide bonds. The highest BCUT2D eigenvalue weighted by molar-refractivity contribution is 7.78. The highest BCUT2D eigenvalue weighted by Gasteiger charge is 2.39. The van der Waals surface area contributed by atoms with Gasteiger partial charge in [0, 0.05) is 11.3 Å². The van der Waals surface area contributed by atoms with Crippen molar-refractivity contribution in [2.24, 2.45) is 4.99 Å². The second kappa shape index (κ2) is 7.02. The van der Waals surface area contributed by atoms with Gasteiger partial charge in [-0.2, -0.15) is 13.2 Å². The smallest absolute Gasteiger partial charge is 0.318 e. The van der Waals surface area contributed by atoms with Crippen molar-refractivity contribution in [2.75, 3.05) is 5.32 Å². The third-order valence-electron chi connectivity index (χ3n) is 3.00. The number of aliphatic imine (C=N–C) groups is 1. The molecule has 0 saturated carbocycles. The van der Waals surface area contributed by atoms with Crippen LogP contribution in [0.4, 0.5) is 23.2 Å². The van der Waals surface area contributed by atoms with E-state index in [9.17, 15) is 22.4 Å². The van der Waals surface area contributed by atoms with Crippen molar-refractivity contribution in [1.82, 2.24) is 0 Å². The van der Waals surface area contributed by atoms with E-state index < -0.39 is 23.4 Å². The Bertz CT molecular complexity index is 681. The van der Waals surface area contributed by atoms with E-state index in [2.05, 4.69) is 29.0 Å². The molecule has 0 saturated heterocycles. The summed E-state index contributed by atoms with van der Waals surface area (Å²) in [7, 11) is 0. The maximum atomic E-state index is 14.1. The number of carbonyl (C=O) groups excluding carboxylic acids is 1. The number of hydrogen-bond donors (Lipinski definition) is 1. The van der Waals surface area contributed by atoms with E-state index in [-0.39, 0.29) is 17.7 Å². The Morgan fingerprint density at radius 1 is 1.43 bits per heavy atom. The maximum Gasteiger partial charge on any atom is 0.471 e. The molecule has 8 heteroatoms. The molecule has 3 nitrogen and oxygen atoms in total. The van der Waals surface area contributed by atoms with Crippen LogP contribution < -0.4 is 5.32 Å². The van der Waals surface area contributed by atoms with Crippen molar-refractivity contribution in [1.29, 1.82) is 0 Å². The van der Waals surface area contributed by atoms with Gasteiger partial charge in [-0.15, -0.1) is 6.58 Å². The van der Waals surface area contributed by atoms with Crippen molar-refractivity contribution in [2.45, 2.75) is 32.0 Å². The van der Waals surface area contributed by atoms with Gasteiger partial charge >= 0.3 is 12.1 Å². The average Bonchev–Trinajstić information content (AvgIpc) is 2.39. The monoisotopic (exact) mass is 346 g/mol. The van der Waals surface area contributed by atoms with Crippen LogP contribution in [0.1, 0.15) is 25.8 Å². The van der Waals surface area contributed by atoms with Gasteiger partial charge in [0.05, 0.1) is 10.7 Å². The Kier molecular flexibility index (Phi) is 5.80.